The fourth-order valence-corrected chi connectivity index (χ4v) is 6.63. The van der Waals surface area contributed by atoms with E-state index in [-0.39, 0.29) is 29.0 Å². The highest BCUT2D eigenvalue weighted by molar-refractivity contribution is 5.99. The van der Waals surface area contributed by atoms with Gasteiger partial charge in [0.1, 0.15) is 0 Å². The van der Waals surface area contributed by atoms with E-state index < -0.39 is 12.6 Å². The minimum Gasteiger partial charge on any atom is -0.479 e. The summed E-state index contributed by atoms with van der Waals surface area (Å²) in [5.74, 6) is -0.124. The molecule has 0 radical (unpaired) electrons. The summed E-state index contributed by atoms with van der Waals surface area (Å²) >= 11 is 0. The van der Waals surface area contributed by atoms with Crippen LogP contribution in [-0.4, -0.2) is 45.8 Å². The summed E-state index contributed by atoms with van der Waals surface area (Å²) in [7, 11) is 0. The molecule has 3 saturated carbocycles. The second-order valence-electron chi connectivity index (χ2n) is 9.54. The maximum atomic E-state index is 10.8. The van der Waals surface area contributed by atoms with Gasteiger partial charge in [-0.25, -0.2) is 4.79 Å². The third-order valence-electron chi connectivity index (χ3n) is 8.25. The minimum atomic E-state index is -1.04. The molecule has 0 heterocycles. The van der Waals surface area contributed by atoms with Gasteiger partial charge in [-0.1, -0.05) is 24.6 Å². The van der Waals surface area contributed by atoms with Gasteiger partial charge < -0.3 is 20.2 Å². The van der Waals surface area contributed by atoms with Crippen LogP contribution in [0.2, 0.25) is 0 Å². The number of aliphatic carboxylic acids is 1. The second-order valence-corrected chi connectivity index (χ2v) is 9.54. The van der Waals surface area contributed by atoms with Crippen LogP contribution in [0.4, 0.5) is 0 Å². The van der Waals surface area contributed by atoms with Gasteiger partial charge in [0.25, 0.3) is 0 Å². The van der Waals surface area contributed by atoms with Crippen LogP contribution in [0.1, 0.15) is 58.8 Å². The van der Waals surface area contributed by atoms with E-state index >= 15 is 0 Å². The molecule has 0 bridgehead atoms. The third-order valence-corrected chi connectivity index (χ3v) is 8.25. The third kappa shape index (κ3) is 2.92. The predicted molar refractivity (Wildman–Crippen MR) is 100 cm³/mol. The number of carboxylic acids is 1. The van der Waals surface area contributed by atoms with Gasteiger partial charge in [0.15, 0.2) is 0 Å². The first-order valence-corrected chi connectivity index (χ1v) is 10.2. The van der Waals surface area contributed by atoms with Gasteiger partial charge in [0.05, 0.1) is 17.9 Å². The van der Waals surface area contributed by atoms with Crippen molar-refractivity contribution in [3.63, 3.8) is 0 Å². The van der Waals surface area contributed by atoms with Crippen LogP contribution in [0.15, 0.2) is 16.8 Å². The Morgan fingerprint density at radius 3 is 2.70 bits per heavy atom. The molecular weight excluding hydrogens is 346 g/mol. The quantitative estimate of drug-likeness (QED) is 0.657. The van der Waals surface area contributed by atoms with Gasteiger partial charge in [0, 0.05) is 5.92 Å². The van der Waals surface area contributed by atoms with Crippen LogP contribution in [0.3, 0.4) is 0 Å². The highest BCUT2D eigenvalue weighted by Crippen LogP contribution is 2.64. The van der Waals surface area contributed by atoms with Gasteiger partial charge in [-0.2, -0.15) is 0 Å². The van der Waals surface area contributed by atoms with Gasteiger partial charge in [0.2, 0.25) is 6.61 Å². The molecule has 4 rings (SSSR count). The SMILES string of the molecule is C[C@]12CC[C@H](O)CC1=C/C(=N/OCC(=O)O)C1C2CC[C@@]2(C)C1CC[C@@H]2O. The van der Waals surface area contributed by atoms with Gasteiger partial charge in [-0.15, -0.1) is 0 Å². The van der Waals surface area contributed by atoms with E-state index in [0.29, 0.717) is 18.3 Å². The molecule has 6 heteroatoms. The van der Waals surface area contributed by atoms with Gasteiger partial charge in [-0.3, -0.25) is 0 Å². The highest BCUT2D eigenvalue weighted by Gasteiger charge is 2.60. The first kappa shape index (κ1) is 18.9. The molecule has 27 heavy (non-hydrogen) atoms. The summed E-state index contributed by atoms with van der Waals surface area (Å²) < 4.78 is 0. The monoisotopic (exact) mass is 377 g/mol. The van der Waals surface area contributed by atoms with Crippen LogP contribution in [-0.2, 0) is 9.63 Å². The molecule has 4 aliphatic carbocycles. The Labute approximate surface area is 160 Å². The normalized spacial score (nSPS) is 47.6. The summed E-state index contributed by atoms with van der Waals surface area (Å²) in [6.07, 6.45) is 7.74. The van der Waals surface area contributed by atoms with E-state index in [1.54, 1.807) is 0 Å². The lowest BCUT2D eigenvalue weighted by atomic mass is 9.47. The van der Waals surface area contributed by atoms with E-state index in [1.807, 2.05) is 0 Å². The first-order chi connectivity index (χ1) is 12.8. The maximum Gasteiger partial charge on any atom is 0.344 e. The molecule has 0 aromatic heterocycles. The molecule has 150 valence electrons. The number of aliphatic hydroxyl groups excluding tert-OH is 2. The van der Waals surface area contributed by atoms with Crippen molar-refractivity contribution in [3.05, 3.63) is 11.6 Å². The molecule has 3 N–H and O–H groups in total. The zero-order chi connectivity index (χ0) is 19.4. The van der Waals surface area contributed by atoms with E-state index in [4.69, 9.17) is 9.94 Å². The Morgan fingerprint density at radius 1 is 1.19 bits per heavy atom. The maximum absolute atomic E-state index is 10.8. The largest absolute Gasteiger partial charge is 0.479 e. The van der Waals surface area contributed by atoms with Crippen molar-refractivity contribution < 1.29 is 25.0 Å². The highest BCUT2D eigenvalue weighted by atomic mass is 16.6. The van der Waals surface area contributed by atoms with E-state index in [2.05, 4.69) is 25.1 Å². The number of oxime groups is 1. The molecular formula is C21H31NO5. The zero-order valence-corrected chi connectivity index (χ0v) is 16.2. The Balaban J connectivity index is 1.75. The standard InChI is InChI=1S/C21H31NO5/c1-20-7-5-13(23)9-12(20)10-16(22-27-11-18(25)26)19-14-3-4-17(24)21(14,2)8-6-15(19)20/h10,13-15,17,19,23-24H,3-9,11H2,1-2H3,(H,25,26)/b22-16-/t13-,14?,15?,17-,19?,20-,21-/m0/s1. The van der Waals surface area contributed by atoms with E-state index in [1.165, 1.54) is 5.57 Å². The molecule has 0 aromatic carbocycles. The van der Waals surface area contributed by atoms with Crippen LogP contribution in [0.25, 0.3) is 0 Å². The van der Waals surface area contributed by atoms with Crippen molar-refractivity contribution in [2.24, 2.45) is 33.7 Å². The van der Waals surface area contributed by atoms with Crippen molar-refractivity contribution >= 4 is 11.7 Å². The number of nitrogens with zero attached hydrogens (tertiary/aromatic N) is 1. The summed E-state index contributed by atoms with van der Waals surface area (Å²) in [6, 6.07) is 0. The smallest absolute Gasteiger partial charge is 0.344 e. The number of allylic oxidation sites excluding steroid dienone is 1. The van der Waals surface area contributed by atoms with Crippen molar-refractivity contribution in [1.82, 2.24) is 0 Å². The molecule has 4 aliphatic rings. The van der Waals surface area contributed by atoms with Crippen molar-refractivity contribution in [2.45, 2.75) is 71.0 Å². The molecule has 0 saturated heterocycles. The lowest BCUT2D eigenvalue weighted by molar-refractivity contribution is -0.142. The topological polar surface area (TPSA) is 99.4 Å². The lowest BCUT2D eigenvalue weighted by Crippen LogP contribution is -2.54. The second kappa shape index (κ2) is 6.59. The molecule has 7 atom stereocenters. The van der Waals surface area contributed by atoms with Gasteiger partial charge >= 0.3 is 5.97 Å². The molecule has 0 amide bonds. The fourth-order valence-electron chi connectivity index (χ4n) is 6.63. The molecule has 0 aromatic rings. The minimum absolute atomic E-state index is 0.0462. The number of hydrogen-bond acceptors (Lipinski definition) is 5. The Morgan fingerprint density at radius 2 is 1.96 bits per heavy atom. The Kier molecular flexibility index (Phi) is 4.62. The average molecular weight is 377 g/mol. The summed E-state index contributed by atoms with van der Waals surface area (Å²) in [6.45, 7) is 4.08. The summed E-state index contributed by atoms with van der Waals surface area (Å²) in [4.78, 5) is 16.0. The summed E-state index contributed by atoms with van der Waals surface area (Å²) in [5, 5.41) is 34.0. The first-order valence-electron chi connectivity index (χ1n) is 10.2. The number of hydrogen-bond donors (Lipinski definition) is 3. The Bertz CT molecular complexity index is 688. The van der Waals surface area contributed by atoms with E-state index in [0.717, 1.165) is 44.2 Å². The number of carboxylic acid groups (broad SMARTS) is 1. The lowest BCUT2D eigenvalue weighted by Gasteiger charge is -2.57. The molecule has 6 nitrogen and oxygen atoms in total. The summed E-state index contributed by atoms with van der Waals surface area (Å²) in [5.41, 5.74) is 1.98. The van der Waals surface area contributed by atoms with E-state index in [9.17, 15) is 15.0 Å². The number of aliphatic hydroxyl groups is 2. The van der Waals surface area contributed by atoms with Crippen molar-refractivity contribution in [3.8, 4) is 0 Å². The van der Waals surface area contributed by atoms with Crippen LogP contribution < -0.4 is 0 Å². The molecule has 0 aliphatic heterocycles. The zero-order valence-electron chi connectivity index (χ0n) is 16.2. The van der Waals surface area contributed by atoms with Crippen LogP contribution >= 0.6 is 0 Å². The number of carbonyl (C=O) groups is 1. The number of fused-ring (bicyclic) bond motifs is 5. The van der Waals surface area contributed by atoms with Crippen LogP contribution in [0, 0.1) is 28.6 Å². The molecule has 3 unspecified atom stereocenters. The van der Waals surface area contributed by atoms with Crippen molar-refractivity contribution in [2.75, 3.05) is 6.61 Å². The average Bonchev–Trinajstić information content (AvgIpc) is 2.91. The number of rotatable bonds is 3. The molecule has 3 fully saturated rings. The van der Waals surface area contributed by atoms with Gasteiger partial charge in [-0.05, 0) is 73.7 Å². The predicted octanol–water partition coefficient (Wildman–Crippen LogP) is 2.74. The Hall–Kier alpha value is -1.40. The molecule has 0 spiro atoms. The fraction of sp³-hybridized carbons (Fsp3) is 0.810. The van der Waals surface area contributed by atoms with Crippen LogP contribution in [0.5, 0.6) is 0 Å². The van der Waals surface area contributed by atoms with Crippen molar-refractivity contribution in [1.29, 1.82) is 0 Å².